The van der Waals surface area contributed by atoms with Crippen molar-refractivity contribution in [1.82, 2.24) is 10.2 Å². The van der Waals surface area contributed by atoms with Crippen molar-refractivity contribution in [3.63, 3.8) is 0 Å². The average molecular weight is 654 g/mol. The minimum atomic E-state index is -4.16. The number of carbonyl (C=O) groups excluding carboxylic acids is 2. The molecule has 1 aliphatic carbocycles. The van der Waals surface area contributed by atoms with Crippen LogP contribution >= 0.6 is 0 Å². The summed E-state index contributed by atoms with van der Waals surface area (Å²) in [5, 5.41) is 3.24. The fourth-order valence-corrected chi connectivity index (χ4v) is 7.44. The van der Waals surface area contributed by atoms with Crippen molar-refractivity contribution in [3.8, 4) is 5.75 Å². The highest BCUT2D eigenvalue weighted by molar-refractivity contribution is 7.92. The Balaban J connectivity index is 1.54. The molecule has 47 heavy (non-hydrogen) atoms. The number of nitrogens with one attached hydrogen (secondary N) is 1. The number of ether oxygens (including phenoxy) is 1. The smallest absolute Gasteiger partial charge is 0.264 e. The second-order valence-corrected chi connectivity index (χ2v) is 13.7. The minimum Gasteiger partial charge on any atom is -0.494 e. The zero-order valence-corrected chi connectivity index (χ0v) is 27.6. The highest BCUT2D eigenvalue weighted by Gasteiger charge is 2.35. The van der Waals surface area contributed by atoms with Gasteiger partial charge in [0.1, 0.15) is 18.3 Å². The summed E-state index contributed by atoms with van der Waals surface area (Å²) in [6.07, 6.45) is 5.33. The van der Waals surface area contributed by atoms with E-state index in [-0.39, 0.29) is 29.8 Å². The second-order valence-electron chi connectivity index (χ2n) is 11.8. The van der Waals surface area contributed by atoms with E-state index < -0.39 is 28.5 Å². The number of nitrogens with zero attached hydrogens (tertiary/aromatic N) is 2. The fourth-order valence-electron chi connectivity index (χ4n) is 6.00. The zero-order valence-electron chi connectivity index (χ0n) is 26.8. The highest BCUT2D eigenvalue weighted by atomic mass is 32.2. The molecule has 1 N–H and O–H groups in total. The van der Waals surface area contributed by atoms with Gasteiger partial charge < -0.3 is 15.0 Å². The molecule has 0 spiro atoms. The van der Waals surface area contributed by atoms with E-state index in [1.807, 2.05) is 67.6 Å². The molecule has 1 fully saturated rings. The predicted molar refractivity (Wildman–Crippen MR) is 185 cm³/mol. The van der Waals surface area contributed by atoms with Gasteiger partial charge in [0.2, 0.25) is 11.8 Å². The SMILES string of the molecule is CCOc1ccc(N(CC(=O)N(Cc2ccccc2)[C@@H](Cc2ccccc2)C(=O)NC2CCCCC2)S(=O)(=O)c2ccccc2)cc1. The molecule has 0 aliphatic heterocycles. The average Bonchev–Trinajstić information content (AvgIpc) is 3.11. The standard InChI is InChI=1S/C38H43N3O5S/c1-2-46-34-25-23-33(24-26-34)41(47(44,45)35-21-13-6-14-22-35)29-37(42)40(28-31-17-9-4-10-18-31)36(27-30-15-7-3-8-16-30)38(43)39-32-19-11-5-12-20-32/h3-4,6-10,13-18,21-26,32,36H,2,5,11-12,19-20,27-29H2,1H3,(H,39,43)/t36-/m0/s1. The molecule has 0 unspecified atom stereocenters. The lowest BCUT2D eigenvalue weighted by atomic mass is 9.94. The first-order valence-corrected chi connectivity index (χ1v) is 17.8. The van der Waals surface area contributed by atoms with Gasteiger partial charge in [0.15, 0.2) is 0 Å². The van der Waals surface area contributed by atoms with Gasteiger partial charge in [-0.25, -0.2) is 8.42 Å². The van der Waals surface area contributed by atoms with Crippen LogP contribution in [0.5, 0.6) is 5.75 Å². The van der Waals surface area contributed by atoms with Crippen molar-refractivity contribution in [2.24, 2.45) is 0 Å². The Morgan fingerprint density at radius 1 is 0.787 bits per heavy atom. The van der Waals surface area contributed by atoms with Crippen molar-refractivity contribution in [1.29, 1.82) is 0 Å². The van der Waals surface area contributed by atoms with Gasteiger partial charge >= 0.3 is 0 Å². The zero-order chi connectivity index (χ0) is 33.1. The molecule has 246 valence electrons. The summed E-state index contributed by atoms with van der Waals surface area (Å²) in [5.74, 6) is -0.127. The van der Waals surface area contributed by atoms with Crippen LogP contribution in [0.1, 0.15) is 50.2 Å². The van der Waals surface area contributed by atoms with Gasteiger partial charge in [-0.05, 0) is 67.3 Å². The summed E-state index contributed by atoms with van der Waals surface area (Å²) >= 11 is 0. The van der Waals surface area contributed by atoms with Gasteiger partial charge in [0.05, 0.1) is 17.2 Å². The van der Waals surface area contributed by atoms with E-state index >= 15 is 0 Å². The van der Waals surface area contributed by atoms with Crippen LogP contribution in [-0.2, 0) is 32.6 Å². The number of carbonyl (C=O) groups is 2. The van der Waals surface area contributed by atoms with E-state index in [1.54, 1.807) is 47.4 Å². The van der Waals surface area contributed by atoms with Crippen LogP contribution in [-0.4, -0.2) is 50.4 Å². The number of sulfonamides is 1. The van der Waals surface area contributed by atoms with Crippen molar-refractivity contribution in [2.75, 3.05) is 17.5 Å². The molecule has 0 aromatic heterocycles. The predicted octanol–water partition coefficient (Wildman–Crippen LogP) is 6.37. The lowest BCUT2D eigenvalue weighted by molar-refractivity contribution is -0.140. The van der Waals surface area contributed by atoms with Gasteiger partial charge in [-0.2, -0.15) is 0 Å². The van der Waals surface area contributed by atoms with Gasteiger partial charge in [-0.3, -0.25) is 13.9 Å². The van der Waals surface area contributed by atoms with Crippen LogP contribution in [0.3, 0.4) is 0 Å². The first kappa shape index (κ1) is 33.7. The lowest BCUT2D eigenvalue weighted by Gasteiger charge is -2.35. The van der Waals surface area contributed by atoms with E-state index in [0.717, 1.165) is 47.5 Å². The Morgan fingerprint density at radius 2 is 1.36 bits per heavy atom. The minimum absolute atomic E-state index is 0.0435. The topological polar surface area (TPSA) is 96.0 Å². The monoisotopic (exact) mass is 653 g/mol. The molecule has 8 nitrogen and oxygen atoms in total. The molecule has 0 radical (unpaired) electrons. The quantitative estimate of drug-likeness (QED) is 0.171. The molecule has 5 rings (SSSR count). The van der Waals surface area contributed by atoms with Crippen molar-refractivity contribution in [2.45, 2.75) is 69.0 Å². The normalized spacial score (nSPS) is 14.1. The number of hydrogen-bond acceptors (Lipinski definition) is 5. The maximum atomic E-state index is 14.6. The van der Waals surface area contributed by atoms with E-state index in [9.17, 15) is 18.0 Å². The van der Waals surface area contributed by atoms with E-state index in [0.29, 0.717) is 18.0 Å². The molecule has 4 aromatic rings. The van der Waals surface area contributed by atoms with Crippen LogP contribution in [0.15, 0.2) is 120 Å². The molecule has 9 heteroatoms. The Hall–Kier alpha value is -4.63. The number of hydrogen-bond donors (Lipinski definition) is 1. The lowest BCUT2D eigenvalue weighted by Crippen LogP contribution is -2.55. The third-order valence-corrected chi connectivity index (χ3v) is 10.3. The summed E-state index contributed by atoms with van der Waals surface area (Å²) in [4.78, 5) is 30.4. The van der Waals surface area contributed by atoms with Crippen LogP contribution in [0.25, 0.3) is 0 Å². The van der Waals surface area contributed by atoms with E-state index in [2.05, 4.69) is 5.32 Å². The van der Waals surface area contributed by atoms with Crippen molar-refractivity contribution in [3.05, 3.63) is 126 Å². The Bertz CT molecular complexity index is 1680. The highest BCUT2D eigenvalue weighted by Crippen LogP contribution is 2.27. The molecule has 1 saturated carbocycles. The third-order valence-electron chi connectivity index (χ3n) is 8.46. The third kappa shape index (κ3) is 9.01. The maximum Gasteiger partial charge on any atom is 0.264 e. The summed E-state index contributed by atoms with van der Waals surface area (Å²) in [6.45, 7) is 1.97. The molecule has 1 aliphatic rings. The van der Waals surface area contributed by atoms with Crippen LogP contribution < -0.4 is 14.4 Å². The Kier molecular flexibility index (Phi) is 11.7. The summed E-state index contributed by atoms with van der Waals surface area (Å²) in [7, 11) is -4.16. The van der Waals surface area contributed by atoms with Gasteiger partial charge in [-0.1, -0.05) is 98.1 Å². The van der Waals surface area contributed by atoms with Gasteiger partial charge in [0.25, 0.3) is 10.0 Å². The fraction of sp³-hybridized carbons (Fsp3) is 0.316. The molecular formula is C38H43N3O5S. The Morgan fingerprint density at radius 3 is 1.96 bits per heavy atom. The molecule has 0 bridgehead atoms. The van der Waals surface area contributed by atoms with Crippen LogP contribution in [0.2, 0.25) is 0 Å². The van der Waals surface area contributed by atoms with E-state index in [4.69, 9.17) is 4.74 Å². The van der Waals surface area contributed by atoms with Crippen molar-refractivity contribution >= 4 is 27.5 Å². The maximum absolute atomic E-state index is 14.6. The van der Waals surface area contributed by atoms with Gasteiger partial charge in [0, 0.05) is 19.0 Å². The van der Waals surface area contributed by atoms with Crippen LogP contribution in [0.4, 0.5) is 5.69 Å². The molecule has 0 heterocycles. The summed E-state index contributed by atoms with van der Waals surface area (Å²) in [6, 6.07) is 33.0. The summed E-state index contributed by atoms with van der Waals surface area (Å²) < 4.78 is 35.0. The Labute approximate surface area is 278 Å². The van der Waals surface area contributed by atoms with Crippen LogP contribution in [0, 0.1) is 0 Å². The molecule has 1 atom stereocenters. The molecule has 2 amide bonds. The molecule has 4 aromatic carbocycles. The number of rotatable bonds is 14. The van der Waals surface area contributed by atoms with E-state index in [1.165, 1.54) is 12.1 Å². The largest absolute Gasteiger partial charge is 0.494 e. The van der Waals surface area contributed by atoms with Crippen molar-refractivity contribution < 1.29 is 22.7 Å². The second kappa shape index (κ2) is 16.3. The number of amides is 2. The number of benzene rings is 4. The molecular weight excluding hydrogens is 611 g/mol. The molecule has 0 saturated heterocycles. The van der Waals surface area contributed by atoms with Gasteiger partial charge in [-0.15, -0.1) is 0 Å². The first-order chi connectivity index (χ1) is 22.8. The summed E-state index contributed by atoms with van der Waals surface area (Å²) in [5.41, 5.74) is 2.06. The first-order valence-electron chi connectivity index (χ1n) is 16.3. The number of anilines is 1.